The molecular formula is C22H23FN4O3S. The number of carbonyl (C=O) groups is 1. The van der Waals surface area contributed by atoms with Gasteiger partial charge in [0.1, 0.15) is 5.82 Å². The Labute approximate surface area is 180 Å². The number of benzene rings is 1. The van der Waals surface area contributed by atoms with Crippen LogP contribution in [0.3, 0.4) is 0 Å². The first-order valence-corrected chi connectivity index (χ1v) is 11.9. The standard InChI is InChI=1S/C22H23FN4O3S/c23-19-5-3-17(4-6-19)20-13-21(18-2-1-8-24-14-18)27(26-20)10-9-25-22(28)12-16-7-11-31(29,30)15-16/h1-6,8,13-14,16H,7,9-12,15H2,(H,25,28). The largest absolute Gasteiger partial charge is 0.354 e. The van der Waals surface area contributed by atoms with Gasteiger partial charge in [0.25, 0.3) is 0 Å². The van der Waals surface area contributed by atoms with E-state index in [1.165, 1.54) is 12.1 Å². The third-order valence-corrected chi connectivity index (χ3v) is 7.16. The summed E-state index contributed by atoms with van der Waals surface area (Å²) in [5, 5.41) is 7.50. The van der Waals surface area contributed by atoms with Gasteiger partial charge in [-0.2, -0.15) is 5.10 Å². The zero-order valence-corrected chi connectivity index (χ0v) is 17.7. The first kappa shape index (κ1) is 21.2. The van der Waals surface area contributed by atoms with Crippen molar-refractivity contribution in [2.24, 2.45) is 5.92 Å². The van der Waals surface area contributed by atoms with E-state index in [2.05, 4.69) is 15.4 Å². The second-order valence-electron chi connectivity index (χ2n) is 7.71. The lowest BCUT2D eigenvalue weighted by Gasteiger charge is -2.10. The first-order chi connectivity index (χ1) is 14.9. The van der Waals surface area contributed by atoms with Crippen molar-refractivity contribution in [3.63, 3.8) is 0 Å². The van der Waals surface area contributed by atoms with Crippen molar-refractivity contribution in [3.8, 4) is 22.5 Å². The number of pyridine rings is 1. The molecule has 3 heterocycles. The van der Waals surface area contributed by atoms with E-state index >= 15 is 0 Å². The summed E-state index contributed by atoms with van der Waals surface area (Å²) >= 11 is 0. The van der Waals surface area contributed by atoms with Gasteiger partial charge in [0.2, 0.25) is 5.91 Å². The van der Waals surface area contributed by atoms with Gasteiger partial charge in [0.15, 0.2) is 9.84 Å². The van der Waals surface area contributed by atoms with Gasteiger partial charge in [0.05, 0.1) is 29.4 Å². The summed E-state index contributed by atoms with van der Waals surface area (Å²) in [6.07, 6.45) is 4.19. The van der Waals surface area contributed by atoms with Crippen molar-refractivity contribution in [1.29, 1.82) is 0 Å². The van der Waals surface area contributed by atoms with Crippen LogP contribution in [-0.2, 0) is 21.2 Å². The number of aromatic nitrogens is 3. The smallest absolute Gasteiger partial charge is 0.220 e. The number of hydrogen-bond acceptors (Lipinski definition) is 5. The highest BCUT2D eigenvalue weighted by atomic mass is 32.2. The van der Waals surface area contributed by atoms with E-state index in [-0.39, 0.29) is 35.6 Å². The van der Waals surface area contributed by atoms with Gasteiger partial charge in [-0.25, -0.2) is 12.8 Å². The molecule has 0 aliphatic carbocycles. The summed E-state index contributed by atoms with van der Waals surface area (Å²) in [6.45, 7) is 0.788. The molecule has 4 rings (SSSR count). The number of carbonyl (C=O) groups excluding carboxylic acids is 1. The molecule has 1 amide bonds. The fraction of sp³-hybridized carbons (Fsp3) is 0.318. The molecular weight excluding hydrogens is 419 g/mol. The second-order valence-corrected chi connectivity index (χ2v) is 9.94. The van der Waals surface area contributed by atoms with Crippen LogP contribution in [0.1, 0.15) is 12.8 Å². The molecule has 1 aromatic carbocycles. The van der Waals surface area contributed by atoms with Crippen molar-refractivity contribution in [2.75, 3.05) is 18.1 Å². The Kier molecular flexibility index (Phi) is 6.13. The van der Waals surface area contributed by atoms with Crippen LogP contribution in [0.2, 0.25) is 0 Å². The molecule has 31 heavy (non-hydrogen) atoms. The Morgan fingerprint density at radius 2 is 2.00 bits per heavy atom. The number of sulfone groups is 1. The topological polar surface area (TPSA) is 94.0 Å². The second kappa shape index (κ2) is 8.97. The zero-order valence-electron chi connectivity index (χ0n) is 16.9. The van der Waals surface area contributed by atoms with Crippen molar-refractivity contribution in [2.45, 2.75) is 19.4 Å². The van der Waals surface area contributed by atoms with Crippen LogP contribution in [0.5, 0.6) is 0 Å². The summed E-state index contributed by atoms with van der Waals surface area (Å²) < 4.78 is 38.2. The van der Waals surface area contributed by atoms with Gasteiger partial charge in [-0.1, -0.05) is 0 Å². The van der Waals surface area contributed by atoms with Crippen LogP contribution in [0.25, 0.3) is 22.5 Å². The predicted octanol–water partition coefficient (Wildman–Crippen LogP) is 2.69. The zero-order chi connectivity index (χ0) is 21.8. The van der Waals surface area contributed by atoms with E-state index < -0.39 is 9.84 Å². The molecule has 1 saturated heterocycles. The van der Waals surface area contributed by atoms with Gasteiger partial charge in [-0.3, -0.25) is 14.5 Å². The third-order valence-electron chi connectivity index (χ3n) is 5.32. The van der Waals surface area contributed by atoms with E-state index in [0.29, 0.717) is 25.2 Å². The molecule has 1 fully saturated rings. The van der Waals surface area contributed by atoms with Crippen LogP contribution in [0.15, 0.2) is 54.9 Å². The number of halogens is 1. The normalized spacial score (nSPS) is 17.5. The number of rotatable bonds is 7. The maximum atomic E-state index is 13.3. The monoisotopic (exact) mass is 442 g/mol. The molecule has 1 atom stereocenters. The van der Waals surface area contributed by atoms with Crippen LogP contribution in [-0.4, -0.2) is 47.1 Å². The Hall–Kier alpha value is -3.07. The maximum Gasteiger partial charge on any atom is 0.220 e. The average Bonchev–Trinajstić information content (AvgIpc) is 3.32. The maximum absolute atomic E-state index is 13.3. The predicted molar refractivity (Wildman–Crippen MR) is 115 cm³/mol. The Morgan fingerprint density at radius 1 is 1.19 bits per heavy atom. The van der Waals surface area contributed by atoms with Gasteiger partial charge in [-0.15, -0.1) is 0 Å². The third kappa shape index (κ3) is 5.35. The first-order valence-electron chi connectivity index (χ1n) is 10.1. The molecule has 0 radical (unpaired) electrons. The average molecular weight is 443 g/mol. The molecule has 0 saturated carbocycles. The molecule has 1 N–H and O–H groups in total. The molecule has 1 unspecified atom stereocenters. The summed E-state index contributed by atoms with van der Waals surface area (Å²) in [5.74, 6) is -0.319. The Balaban J connectivity index is 1.45. The minimum absolute atomic E-state index is 0.0890. The fourth-order valence-corrected chi connectivity index (χ4v) is 5.63. The van der Waals surface area contributed by atoms with Crippen molar-refractivity contribution < 1.29 is 17.6 Å². The summed E-state index contributed by atoms with van der Waals surface area (Å²) in [7, 11) is -2.99. The van der Waals surface area contributed by atoms with Gasteiger partial charge in [0, 0.05) is 36.5 Å². The fourth-order valence-electron chi connectivity index (χ4n) is 3.76. The van der Waals surface area contributed by atoms with Gasteiger partial charge in [-0.05, 0) is 54.8 Å². The lowest BCUT2D eigenvalue weighted by Crippen LogP contribution is -2.29. The number of nitrogens with one attached hydrogen (secondary N) is 1. The Bertz CT molecular complexity index is 1160. The summed E-state index contributed by atoms with van der Waals surface area (Å²) in [5.41, 5.74) is 3.20. The Morgan fingerprint density at radius 3 is 2.68 bits per heavy atom. The molecule has 9 heteroatoms. The van der Waals surface area contributed by atoms with Crippen molar-refractivity contribution in [3.05, 3.63) is 60.7 Å². The molecule has 2 aromatic heterocycles. The molecule has 1 aliphatic rings. The number of hydrogen-bond donors (Lipinski definition) is 1. The highest BCUT2D eigenvalue weighted by Crippen LogP contribution is 2.26. The molecule has 0 spiro atoms. The molecule has 162 valence electrons. The van der Waals surface area contributed by atoms with Gasteiger partial charge >= 0.3 is 0 Å². The van der Waals surface area contributed by atoms with Crippen LogP contribution >= 0.6 is 0 Å². The van der Waals surface area contributed by atoms with Crippen molar-refractivity contribution in [1.82, 2.24) is 20.1 Å². The van der Waals surface area contributed by atoms with E-state index in [1.54, 1.807) is 29.2 Å². The van der Waals surface area contributed by atoms with E-state index in [0.717, 1.165) is 16.8 Å². The lowest BCUT2D eigenvalue weighted by atomic mass is 10.1. The number of amides is 1. The highest BCUT2D eigenvalue weighted by molar-refractivity contribution is 7.91. The molecule has 7 nitrogen and oxygen atoms in total. The lowest BCUT2D eigenvalue weighted by molar-refractivity contribution is -0.121. The highest BCUT2D eigenvalue weighted by Gasteiger charge is 2.29. The van der Waals surface area contributed by atoms with Crippen LogP contribution in [0.4, 0.5) is 4.39 Å². The minimum Gasteiger partial charge on any atom is -0.354 e. The summed E-state index contributed by atoms with van der Waals surface area (Å²) in [6, 6.07) is 11.8. The quantitative estimate of drug-likeness (QED) is 0.607. The van der Waals surface area contributed by atoms with Crippen LogP contribution < -0.4 is 5.32 Å². The SMILES string of the molecule is O=C(CC1CCS(=O)(=O)C1)NCCn1nc(-c2ccc(F)cc2)cc1-c1cccnc1. The molecule has 3 aromatic rings. The van der Waals surface area contributed by atoms with E-state index in [9.17, 15) is 17.6 Å². The minimum atomic E-state index is -2.99. The molecule has 1 aliphatic heterocycles. The van der Waals surface area contributed by atoms with E-state index in [1.807, 2.05) is 18.2 Å². The number of nitrogens with zero attached hydrogens (tertiary/aromatic N) is 3. The summed E-state index contributed by atoms with van der Waals surface area (Å²) in [4.78, 5) is 16.4. The molecule has 0 bridgehead atoms. The van der Waals surface area contributed by atoms with E-state index in [4.69, 9.17) is 0 Å². The van der Waals surface area contributed by atoms with Crippen molar-refractivity contribution >= 4 is 15.7 Å². The van der Waals surface area contributed by atoms with Crippen LogP contribution in [0, 0.1) is 11.7 Å². The van der Waals surface area contributed by atoms with Gasteiger partial charge < -0.3 is 5.32 Å².